The van der Waals surface area contributed by atoms with Crippen molar-refractivity contribution in [3.63, 3.8) is 0 Å². The Morgan fingerprint density at radius 1 is 1.03 bits per heavy atom. The van der Waals surface area contributed by atoms with Crippen molar-refractivity contribution in [1.82, 2.24) is 9.88 Å². The highest BCUT2D eigenvalue weighted by molar-refractivity contribution is 5.95. The molecule has 2 N–H and O–H groups in total. The molecular weight excluding hydrogens is 421 g/mol. The van der Waals surface area contributed by atoms with Gasteiger partial charge in [0.05, 0.1) is 11.2 Å². The lowest BCUT2D eigenvalue weighted by Crippen LogP contribution is -2.54. The second kappa shape index (κ2) is 8.01. The van der Waals surface area contributed by atoms with Gasteiger partial charge in [-0.1, -0.05) is 30.3 Å². The molecule has 0 spiro atoms. The first-order valence-corrected chi connectivity index (χ1v) is 10.9. The summed E-state index contributed by atoms with van der Waals surface area (Å²) in [5.74, 6) is -1.88. The van der Waals surface area contributed by atoms with Gasteiger partial charge in [-0.2, -0.15) is 0 Å². The van der Waals surface area contributed by atoms with E-state index in [1.54, 1.807) is 10.6 Å². The van der Waals surface area contributed by atoms with Gasteiger partial charge in [-0.25, -0.2) is 9.18 Å². The van der Waals surface area contributed by atoms with E-state index < -0.39 is 22.8 Å². The Morgan fingerprint density at radius 3 is 2.42 bits per heavy atom. The topological polar surface area (TPSA) is 74.6 Å². The fraction of sp³-hybridized carbons (Fsp3) is 0.231. The van der Waals surface area contributed by atoms with E-state index in [2.05, 4.69) is 5.32 Å². The highest BCUT2D eigenvalue weighted by atomic mass is 19.1. The minimum absolute atomic E-state index is 0.0422. The van der Waals surface area contributed by atoms with Gasteiger partial charge in [-0.3, -0.25) is 4.79 Å². The summed E-state index contributed by atoms with van der Waals surface area (Å²) in [4.78, 5) is 26.7. The number of carbonyl (C=O) groups is 1. The number of nitrogens with one attached hydrogen (secondary N) is 1. The van der Waals surface area contributed by atoms with Gasteiger partial charge in [0.15, 0.2) is 0 Å². The Bertz CT molecular complexity index is 1450. The average molecular weight is 445 g/mol. The molecule has 3 aromatic carbocycles. The number of anilines is 1. The number of carboxylic acids is 1. The van der Waals surface area contributed by atoms with Crippen molar-refractivity contribution in [3.05, 3.63) is 82.4 Å². The number of hydrogen-bond donors (Lipinski definition) is 2. The maximum absolute atomic E-state index is 15.3. The average Bonchev–Trinajstić information content (AvgIpc) is 2.78. The van der Waals surface area contributed by atoms with Crippen molar-refractivity contribution < 1.29 is 14.3 Å². The predicted molar refractivity (Wildman–Crippen MR) is 128 cm³/mol. The van der Waals surface area contributed by atoms with E-state index in [4.69, 9.17) is 0 Å². The maximum atomic E-state index is 15.3. The summed E-state index contributed by atoms with van der Waals surface area (Å²) in [7, 11) is 0. The quantitative estimate of drug-likeness (QED) is 0.495. The summed E-state index contributed by atoms with van der Waals surface area (Å²) < 4.78 is 16.9. The summed E-state index contributed by atoms with van der Waals surface area (Å²) in [5, 5.41) is 15.1. The van der Waals surface area contributed by atoms with Crippen LogP contribution in [0.5, 0.6) is 0 Å². The first kappa shape index (κ1) is 21.2. The van der Waals surface area contributed by atoms with E-state index in [-0.39, 0.29) is 17.5 Å². The number of pyridine rings is 1. The Labute approximate surface area is 189 Å². The van der Waals surface area contributed by atoms with Crippen LogP contribution < -0.4 is 15.6 Å². The molecule has 33 heavy (non-hydrogen) atoms. The summed E-state index contributed by atoms with van der Waals surface area (Å²) in [6, 6.07) is 16.8. The monoisotopic (exact) mass is 445 g/mol. The number of fused-ring (bicyclic) bond motifs is 2. The van der Waals surface area contributed by atoms with Gasteiger partial charge in [-0.05, 0) is 48.9 Å². The minimum Gasteiger partial charge on any atom is -0.477 e. The fourth-order valence-corrected chi connectivity index (χ4v) is 4.79. The molecule has 0 saturated carbocycles. The number of hydrogen-bond acceptors (Lipinski definition) is 4. The smallest absolute Gasteiger partial charge is 0.341 e. The van der Waals surface area contributed by atoms with Crippen LogP contribution in [0.3, 0.4) is 0 Å². The molecule has 1 aliphatic heterocycles. The Hall–Kier alpha value is -3.71. The number of aromatic nitrogens is 1. The Kier molecular flexibility index (Phi) is 5.13. The molecule has 1 fully saturated rings. The van der Waals surface area contributed by atoms with E-state index in [0.717, 1.165) is 10.8 Å². The lowest BCUT2D eigenvalue weighted by Gasteiger charge is -2.38. The first-order chi connectivity index (χ1) is 15.8. The molecule has 0 unspecified atom stereocenters. The van der Waals surface area contributed by atoms with Crippen LogP contribution in [0, 0.1) is 5.82 Å². The van der Waals surface area contributed by atoms with Crippen molar-refractivity contribution in [2.75, 3.05) is 18.0 Å². The molecule has 4 aromatic rings. The van der Waals surface area contributed by atoms with Crippen molar-refractivity contribution in [2.45, 2.75) is 25.9 Å². The molecular formula is C26H24FN3O3. The van der Waals surface area contributed by atoms with E-state index in [1.807, 2.05) is 61.2 Å². The van der Waals surface area contributed by atoms with Crippen molar-refractivity contribution in [3.8, 4) is 5.69 Å². The summed E-state index contributed by atoms with van der Waals surface area (Å²) in [6.07, 6.45) is 1.34. The highest BCUT2D eigenvalue weighted by Crippen LogP contribution is 2.29. The zero-order chi connectivity index (χ0) is 23.3. The zero-order valence-corrected chi connectivity index (χ0v) is 18.4. The normalized spacial score (nSPS) is 18.7. The van der Waals surface area contributed by atoms with Crippen LogP contribution in [0.15, 0.2) is 65.6 Å². The second-order valence-corrected chi connectivity index (χ2v) is 8.77. The van der Waals surface area contributed by atoms with E-state index in [0.29, 0.717) is 30.0 Å². The summed E-state index contributed by atoms with van der Waals surface area (Å²) >= 11 is 0. The molecule has 1 aliphatic rings. The third-order valence-electron chi connectivity index (χ3n) is 6.21. The maximum Gasteiger partial charge on any atom is 0.341 e. The fourth-order valence-electron chi connectivity index (χ4n) is 4.79. The number of piperazine rings is 1. The van der Waals surface area contributed by atoms with E-state index in [9.17, 15) is 14.7 Å². The lowest BCUT2D eigenvalue weighted by atomic mass is 10.1. The van der Waals surface area contributed by atoms with Gasteiger partial charge in [0.2, 0.25) is 5.43 Å². The molecule has 0 radical (unpaired) electrons. The molecule has 168 valence electrons. The van der Waals surface area contributed by atoms with Crippen LogP contribution >= 0.6 is 0 Å². The van der Waals surface area contributed by atoms with Gasteiger partial charge >= 0.3 is 5.97 Å². The van der Waals surface area contributed by atoms with Crippen LogP contribution in [0.4, 0.5) is 10.1 Å². The van der Waals surface area contributed by atoms with Gasteiger partial charge in [0, 0.05) is 42.4 Å². The molecule has 1 saturated heterocycles. The Balaban J connectivity index is 1.78. The first-order valence-electron chi connectivity index (χ1n) is 10.9. The van der Waals surface area contributed by atoms with Gasteiger partial charge in [0.1, 0.15) is 11.4 Å². The lowest BCUT2D eigenvalue weighted by molar-refractivity contribution is 0.0695. The third kappa shape index (κ3) is 3.74. The van der Waals surface area contributed by atoms with Gasteiger partial charge < -0.3 is 19.9 Å². The van der Waals surface area contributed by atoms with E-state index in [1.165, 1.54) is 12.3 Å². The van der Waals surface area contributed by atoms with Crippen molar-refractivity contribution in [1.29, 1.82) is 0 Å². The molecule has 0 amide bonds. The number of carboxylic acid groups (broad SMARTS) is 1. The van der Waals surface area contributed by atoms with Crippen LogP contribution in [0.25, 0.3) is 27.4 Å². The van der Waals surface area contributed by atoms with Crippen LogP contribution in [-0.2, 0) is 0 Å². The van der Waals surface area contributed by atoms with Gasteiger partial charge in [-0.15, -0.1) is 0 Å². The molecule has 7 heteroatoms. The molecule has 2 heterocycles. The second-order valence-electron chi connectivity index (χ2n) is 8.77. The third-order valence-corrected chi connectivity index (χ3v) is 6.21. The highest BCUT2D eigenvalue weighted by Gasteiger charge is 2.25. The largest absolute Gasteiger partial charge is 0.477 e. The standard InChI is InChI=1S/C26H24FN3O3/c1-15-12-29(13-16(2)28-15)24-11-23-20(10-22(24)27)25(31)21(26(32)33)14-30(23)19-8-7-17-5-3-4-6-18(17)9-19/h3-11,14-16,28H,12-13H2,1-2H3,(H,32,33)/t15-,16+. The molecule has 5 rings (SSSR count). The van der Waals surface area contributed by atoms with Crippen molar-refractivity contribution >= 4 is 33.3 Å². The molecule has 6 nitrogen and oxygen atoms in total. The predicted octanol–water partition coefficient (Wildman–Crippen LogP) is 4.17. The number of halogens is 1. The van der Waals surface area contributed by atoms with Crippen LogP contribution in [0.2, 0.25) is 0 Å². The number of nitrogens with zero attached hydrogens (tertiary/aromatic N) is 2. The molecule has 0 aliphatic carbocycles. The van der Waals surface area contributed by atoms with Gasteiger partial charge in [0.25, 0.3) is 0 Å². The van der Waals surface area contributed by atoms with Crippen LogP contribution in [-0.4, -0.2) is 40.8 Å². The SMILES string of the molecule is C[C@@H]1CN(c2cc3c(cc2F)c(=O)c(C(=O)O)cn3-c2ccc3ccccc3c2)C[C@H](C)N1. The van der Waals surface area contributed by atoms with E-state index >= 15 is 4.39 Å². The Morgan fingerprint density at radius 2 is 1.73 bits per heavy atom. The summed E-state index contributed by atoms with van der Waals surface area (Å²) in [6.45, 7) is 5.35. The zero-order valence-electron chi connectivity index (χ0n) is 18.4. The number of benzene rings is 3. The van der Waals surface area contributed by atoms with Crippen LogP contribution in [0.1, 0.15) is 24.2 Å². The van der Waals surface area contributed by atoms with Crippen molar-refractivity contribution in [2.24, 2.45) is 0 Å². The molecule has 2 atom stereocenters. The summed E-state index contributed by atoms with van der Waals surface area (Å²) in [5.41, 5.74) is 0.477. The minimum atomic E-state index is -1.34. The molecule has 1 aromatic heterocycles. The molecule has 0 bridgehead atoms. The number of aromatic carboxylic acids is 1. The number of rotatable bonds is 3.